The number of thiocarbonyl (C=S) groups is 1. The third-order valence-corrected chi connectivity index (χ3v) is 2.60. The second-order valence-electron chi connectivity index (χ2n) is 4.55. The van der Waals surface area contributed by atoms with Crippen LogP contribution in [0.1, 0.15) is 12.8 Å². The summed E-state index contributed by atoms with van der Waals surface area (Å²) < 4.78 is 5.67. The van der Waals surface area contributed by atoms with Gasteiger partial charge in [0.05, 0.1) is 32.6 Å². The molecule has 0 aromatic heterocycles. The highest BCUT2D eigenvalue weighted by Crippen LogP contribution is 2.19. The first kappa shape index (κ1) is 12.1. The number of hydrogen-bond donors (Lipinski definition) is 1. The van der Waals surface area contributed by atoms with Crippen LogP contribution in [0.25, 0.3) is 0 Å². The molecule has 0 aliphatic carbocycles. The van der Waals surface area contributed by atoms with Gasteiger partial charge in [0.1, 0.15) is 0 Å². The molecule has 0 radical (unpaired) electrons. The predicted octanol–water partition coefficient (Wildman–Crippen LogP) is 0.786. The van der Waals surface area contributed by atoms with Crippen LogP contribution in [0.2, 0.25) is 0 Å². The van der Waals surface area contributed by atoms with Crippen molar-refractivity contribution in [1.29, 1.82) is 0 Å². The van der Waals surface area contributed by atoms with Crippen LogP contribution >= 0.6 is 12.2 Å². The van der Waals surface area contributed by atoms with E-state index < -0.39 is 0 Å². The summed E-state index contributed by atoms with van der Waals surface area (Å²) in [4.78, 5) is 11.2. The minimum atomic E-state index is -0.156. The maximum Gasteiger partial charge on any atom is 0.297 e. The Morgan fingerprint density at radius 1 is 1.67 bits per heavy atom. The van der Waals surface area contributed by atoms with Crippen LogP contribution < -0.4 is 5.32 Å². The molecule has 1 N–H and O–H groups in total. The topological polar surface area (TPSA) is 38.3 Å². The molecule has 4 nitrogen and oxygen atoms in total. The van der Waals surface area contributed by atoms with E-state index in [0.29, 0.717) is 11.0 Å². The van der Waals surface area contributed by atoms with Crippen LogP contribution in [0.3, 0.4) is 0 Å². The van der Waals surface area contributed by atoms with Crippen molar-refractivity contribution in [2.24, 2.45) is 0 Å². The van der Waals surface area contributed by atoms with E-state index in [0.717, 1.165) is 17.8 Å². The van der Waals surface area contributed by atoms with Gasteiger partial charge in [-0.1, -0.05) is 12.2 Å². The molecule has 0 unspecified atom stereocenters. The van der Waals surface area contributed by atoms with Crippen LogP contribution in [0.5, 0.6) is 0 Å². The third kappa shape index (κ3) is 3.60. The fourth-order valence-corrected chi connectivity index (χ4v) is 1.66. The Kier molecular flexibility index (Phi) is 3.82. The SMILES string of the molecule is C[N+](C)(C)[C@@H](CC1=CNC(=S)C1)OC=O. The molecule has 0 aromatic rings. The molecule has 0 aromatic carbocycles. The minimum Gasteiger partial charge on any atom is -0.414 e. The molecule has 1 atom stereocenters. The molecule has 5 heteroatoms. The summed E-state index contributed by atoms with van der Waals surface area (Å²) in [5.41, 5.74) is 1.18. The number of rotatable bonds is 5. The Morgan fingerprint density at radius 3 is 2.73 bits per heavy atom. The standard InChI is InChI=1S/C10H16N2O2S/c1-12(2,3)10(14-7-13)5-8-4-9(15)11-6-8/h6-7,10H,4-5H2,1-3H3/p+1/t10-/m1/s1. The van der Waals surface area contributed by atoms with E-state index in [9.17, 15) is 4.79 Å². The highest BCUT2D eigenvalue weighted by molar-refractivity contribution is 7.80. The molecular formula is C10H17N2O2S+. The number of carbonyl (C=O) groups is 1. The van der Waals surface area contributed by atoms with E-state index in [4.69, 9.17) is 17.0 Å². The zero-order valence-corrected chi connectivity index (χ0v) is 10.1. The summed E-state index contributed by atoms with van der Waals surface area (Å²) in [6.45, 7) is 0.509. The molecule has 0 fully saturated rings. The number of carbonyl (C=O) groups excluding carboxylic acids is 1. The van der Waals surface area contributed by atoms with Gasteiger partial charge in [-0.15, -0.1) is 0 Å². The number of nitrogens with one attached hydrogen (secondary N) is 1. The van der Waals surface area contributed by atoms with E-state index in [1.807, 2.05) is 27.3 Å². The summed E-state index contributed by atoms with van der Waals surface area (Å²) >= 11 is 5.03. The van der Waals surface area contributed by atoms with Gasteiger partial charge in [-0.05, 0) is 5.57 Å². The second kappa shape index (κ2) is 4.72. The zero-order valence-electron chi connectivity index (χ0n) is 9.32. The number of hydrogen-bond acceptors (Lipinski definition) is 3. The van der Waals surface area contributed by atoms with Gasteiger partial charge in [-0.25, -0.2) is 0 Å². The fraction of sp³-hybridized carbons (Fsp3) is 0.600. The normalized spacial score (nSPS) is 18.1. The smallest absolute Gasteiger partial charge is 0.297 e. The van der Waals surface area contributed by atoms with E-state index in [1.165, 1.54) is 5.57 Å². The minimum absolute atomic E-state index is 0.156. The summed E-state index contributed by atoms with van der Waals surface area (Å²) in [6, 6.07) is 0. The first-order chi connectivity index (χ1) is 6.93. The molecule has 1 aliphatic heterocycles. The first-order valence-corrected chi connectivity index (χ1v) is 5.22. The van der Waals surface area contributed by atoms with Crippen molar-refractivity contribution in [1.82, 2.24) is 5.32 Å². The lowest BCUT2D eigenvalue weighted by molar-refractivity contribution is -0.916. The van der Waals surface area contributed by atoms with E-state index in [-0.39, 0.29) is 6.23 Å². The van der Waals surface area contributed by atoms with Crippen molar-refractivity contribution in [3.63, 3.8) is 0 Å². The van der Waals surface area contributed by atoms with Crippen molar-refractivity contribution in [3.05, 3.63) is 11.8 Å². The lowest BCUT2D eigenvalue weighted by atomic mass is 10.1. The quantitative estimate of drug-likeness (QED) is 0.327. The van der Waals surface area contributed by atoms with Gasteiger partial charge < -0.3 is 10.1 Å². The number of ether oxygens (including phenoxy) is 1. The Hall–Kier alpha value is -0.940. The zero-order chi connectivity index (χ0) is 11.5. The average molecular weight is 229 g/mol. The maximum absolute atomic E-state index is 10.4. The Balaban J connectivity index is 2.59. The summed E-state index contributed by atoms with van der Waals surface area (Å²) in [6.07, 6.45) is 3.24. The molecule has 0 bridgehead atoms. The number of nitrogens with zero attached hydrogens (tertiary/aromatic N) is 1. The lowest BCUT2D eigenvalue weighted by Gasteiger charge is -2.32. The molecule has 84 valence electrons. The van der Waals surface area contributed by atoms with E-state index in [2.05, 4.69) is 5.32 Å². The Labute approximate surface area is 95.5 Å². The van der Waals surface area contributed by atoms with Crippen molar-refractivity contribution in [3.8, 4) is 0 Å². The second-order valence-corrected chi connectivity index (χ2v) is 5.05. The molecule has 0 amide bonds. The summed E-state index contributed by atoms with van der Waals surface area (Å²) in [5.74, 6) is 0. The van der Waals surface area contributed by atoms with Gasteiger partial charge >= 0.3 is 0 Å². The van der Waals surface area contributed by atoms with Crippen LogP contribution in [-0.4, -0.2) is 43.3 Å². The molecule has 0 spiro atoms. The Bertz CT molecular complexity index is 294. The van der Waals surface area contributed by atoms with Gasteiger partial charge in [0.15, 0.2) is 0 Å². The molecule has 1 heterocycles. The highest BCUT2D eigenvalue weighted by atomic mass is 32.1. The predicted molar refractivity (Wildman–Crippen MR) is 62.0 cm³/mol. The highest BCUT2D eigenvalue weighted by Gasteiger charge is 2.27. The van der Waals surface area contributed by atoms with Crippen molar-refractivity contribution in [2.75, 3.05) is 21.1 Å². The van der Waals surface area contributed by atoms with Gasteiger partial charge in [-0.3, -0.25) is 9.28 Å². The van der Waals surface area contributed by atoms with Crippen molar-refractivity contribution < 1.29 is 14.0 Å². The van der Waals surface area contributed by atoms with Crippen molar-refractivity contribution >= 4 is 23.7 Å². The first-order valence-electron chi connectivity index (χ1n) is 4.81. The third-order valence-electron chi connectivity index (χ3n) is 2.34. The van der Waals surface area contributed by atoms with Crippen molar-refractivity contribution in [2.45, 2.75) is 19.1 Å². The fourth-order valence-electron chi connectivity index (χ4n) is 1.41. The molecule has 0 saturated heterocycles. The molecule has 1 rings (SSSR count). The van der Waals surface area contributed by atoms with E-state index >= 15 is 0 Å². The van der Waals surface area contributed by atoms with Gasteiger partial charge in [-0.2, -0.15) is 0 Å². The number of quaternary nitrogens is 1. The van der Waals surface area contributed by atoms with Crippen LogP contribution in [0.15, 0.2) is 11.8 Å². The van der Waals surface area contributed by atoms with Crippen LogP contribution in [0.4, 0.5) is 0 Å². The van der Waals surface area contributed by atoms with Gasteiger partial charge in [0.2, 0.25) is 6.23 Å². The average Bonchev–Trinajstić information content (AvgIpc) is 2.49. The monoisotopic (exact) mass is 229 g/mol. The summed E-state index contributed by atoms with van der Waals surface area (Å²) in [5, 5.41) is 2.99. The Morgan fingerprint density at radius 2 is 2.33 bits per heavy atom. The largest absolute Gasteiger partial charge is 0.414 e. The van der Waals surface area contributed by atoms with Crippen LogP contribution in [-0.2, 0) is 9.53 Å². The summed E-state index contributed by atoms with van der Waals surface area (Å²) in [7, 11) is 5.99. The van der Waals surface area contributed by atoms with E-state index in [1.54, 1.807) is 0 Å². The molecular weight excluding hydrogens is 212 g/mol. The van der Waals surface area contributed by atoms with Crippen LogP contribution in [0, 0.1) is 0 Å². The molecule has 15 heavy (non-hydrogen) atoms. The molecule has 0 saturated carbocycles. The van der Waals surface area contributed by atoms with Gasteiger partial charge in [0, 0.05) is 12.6 Å². The van der Waals surface area contributed by atoms with Gasteiger partial charge in [0.25, 0.3) is 6.47 Å². The molecule has 1 aliphatic rings. The lowest BCUT2D eigenvalue weighted by Crippen LogP contribution is -2.46. The maximum atomic E-state index is 10.4.